The van der Waals surface area contributed by atoms with Crippen LogP contribution in [0.5, 0.6) is 0 Å². The van der Waals surface area contributed by atoms with Crippen LogP contribution in [0.2, 0.25) is 0 Å². The predicted molar refractivity (Wildman–Crippen MR) is 81.2 cm³/mol. The molecule has 2 rings (SSSR count). The van der Waals surface area contributed by atoms with Crippen molar-refractivity contribution in [3.63, 3.8) is 0 Å². The molecular weight excluding hydrogens is 288 g/mol. The Bertz CT molecular complexity index is 723. The summed E-state index contributed by atoms with van der Waals surface area (Å²) in [6, 6.07) is 9.00. The molecule has 6 nitrogen and oxygen atoms in total. The zero-order chi connectivity index (χ0) is 15.6. The number of nitrogens with one attached hydrogen (secondary N) is 1. The fourth-order valence-electron chi connectivity index (χ4n) is 2.23. The zero-order valence-corrected chi connectivity index (χ0v) is 13.2. The van der Waals surface area contributed by atoms with Crippen LogP contribution in [-0.4, -0.2) is 24.7 Å². The molecule has 0 aliphatic heterocycles. The summed E-state index contributed by atoms with van der Waals surface area (Å²) in [6.07, 6.45) is 0. The number of rotatable bonds is 5. The first-order valence-electron chi connectivity index (χ1n) is 6.63. The third kappa shape index (κ3) is 3.31. The number of nitrogens with zero attached hydrogens (tertiary/aromatic N) is 2. The van der Waals surface area contributed by atoms with Gasteiger partial charge in [-0.15, -0.1) is 0 Å². The van der Waals surface area contributed by atoms with Crippen molar-refractivity contribution in [2.45, 2.75) is 24.8 Å². The molecule has 7 heteroatoms. The lowest BCUT2D eigenvalue weighted by atomic mass is 10.1. The number of aromatic nitrogens is 2. The summed E-state index contributed by atoms with van der Waals surface area (Å²) < 4.78 is 28.9. The molecule has 0 radical (unpaired) electrons. The molecule has 0 saturated heterocycles. The average molecular weight is 308 g/mol. The van der Waals surface area contributed by atoms with E-state index in [1.54, 1.807) is 25.6 Å². The zero-order valence-electron chi connectivity index (χ0n) is 12.4. The van der Waals surface area contributed by atoms with E-state index >= 15 is 0 Å². The summed E-state index contributed by atoms with van der Waals surface area (Å²) in [4.78, 5) is 0.227. The minimum atomic E-state index is -3.62. The third-order valence-corrected chi connectivity index (χ3v) is 5.11. The normalized spacial score (nSPS) is 13.3. The summed E-state index contributed by atoms with van der Waals surface area (Å²) in [5.41, 5.74) is 7.99. The van der Waals surface area contributed by atoms with Gasteiger partial charge in [-0.2, -0.15) is 5.10 Å². The molecular formula is C14H20N4O2S. The van der Waals surface area contributed by atoms with Crippen LogP contribution in [0.1, 0.15) is 23.0 Å². The smallest absolute Gasteiger partial charge is 0.244 e. The monoisotopic (exact) mass is 308 g/mol. The van der Waals surface area contributed by atoms with Gasteiger partial charge in [0.1, 0.15) is 4.90 Å². The van der Waals surface area contributed by atoms with E-state index in [4.69, 9.17) is 5.73 Å². The Labute approximate surface area is 125 Å². The molecule has 0 fully saturated rings. The summed E-state index contributed by atoms with van der Waals surface area (Å²) in [5, 5.41) is 4.13. The van der Waals surface area contributed by atoms with Crippen molar-refractivity contribution in [3.8, 4) is 0 Å². The van der Waals surface area contributed by atoms with Crippen LogP contribution in [0.15, 0.2) is 35.2 Å². The first kappa shape index (κ1) is 15.7. The van der Waals surface area contributed by atoms with Gasteiger partial charge in [0.05, 0.1) is 11.4 Å². The molecule has 0 aliphatic carbocycles. The fourth-order valence-corrected chi connectivity index (χ4v) is 3.73. The van der Waals surface area contributed by atoms with Gasteiger partial charge in [0.15, 0.2) is 0 Å². The Kier molecular flexibility index (Phi) is 4.46. The molecule has 3 N–H and O–H groups in total. The van der Waals surface area contributed by atoms with Gasteiger partial charge in [-0.1, -0.05) is 30.3 Å². The van der Waals surface area contributed by atoms with E-state index < -0.39 is 16.1 Å². The second kappa shape index (κ2) is 5.97. The molecule has 1 aromatic heterocycles. The standard InChI is InChI=1S/C14H20N4O2S/c1-10-14(11(2)18(3)17-10)21(19,20)16-9-13(15)12-7-5-4-6-8-12/h4-8,13,16H,9,15H2,1-3H3. The highest BCUT2D eigenvalue weighted by Gasteiger charge is 2.24. The molecule has 0 saturated carbocycles. The number of nitrogens with two attached hydrogens (primary N) is 1. The molecule has 0 spiro atoms. The van der Waals surface area contributed by atoms with Crippen molar-refractivity contribution >= 4 is 10.0 Å². The maximum absolute atomic E-state index is 12.4. The first-order chi connectivity index (χ1) is 9.83. The minimum Gasteiger partial charge on any atom is -0.323 e. The highest BCUT2D eigenvalue weighted by Crippen LogP contribution is 2.18. The van der Waals surface area contributed by atoms with Crippen LogP contribution >= 0.6 is 0 Å². The van der Waals surface area contributed by atoms with E-state index in [0.29, 0.717) is 11.4 Å². The second-order valence-corrected chi connectivity index (χ2v) is 6.70. The van der Waals surface area contributed by atoms with E-state index in [1.165, 1.54) is 0 Å². The summed E-state index contributed by atoms with van der Waals surface area (Å²) in [7, 11) is -1.90. The molecule has 1 aromatic carbocycles. The van der Waals surface area contributed by atoms with Crippen LogP contribution < -0.4 is 10.5 Å². The van der Waals surface area contributed by atoms with Crippen molar-refractivity contribution in [1.82, 2.24) is 14.5 Å². The highest BCUT2D eigenvalue weighted by molar-refractivity contribution is 7.89. The molecule has 1 atom stereocenters. The van der Waals surface area contributed by atoms with Crippen molar-refractivity contribution in [2.24, 2.45) is 12.8 Å². The van der Waals surface area contributed by atoms with E-state index in [1.807, 2.05) is 30.3 Å². The lowest BCUT2D eigenvalue weighted by molar-refractivity contribution is 0.571. The van der Waals surface area contributed by atoms with E-state index in [-0.39, 0.29) is 11.4 Å². The first-order valence-corrected chi connectivity index (χ1v) is 8.11. The number of hydrogen-bond donors (Lipinski definition) is 2. The Balaban J connectivity index is 2.15. The van der Waals surface area contributed by atoms with Crippen molar-refractivity contribution in [2.75, 3.05) is 6.54 Å². The third-order valence-electron chi connectivity index (χ3n) is 3.43. The molecule has 0 amide bonds. The molecule has 0 aliphatic rings. The average Bonchev–Trinajstić information content (AvgIpc) is 2.71. The van der Waals surface area contributed by atoms with Crippen LogP contribution in [0, 0.1) is 13.8 Å². The fraction of sp³-hybridized carbons (Fsp3) is 0.357. The van der Waals surface area contributed by atoms with Gasteiger partial charge in [-0.3, -0.25) is 4.68 Å². The second-order valence-electron chi connectivity index (χ2n) is 4.99. The Morgan fingerprint density at radius 1 is 1.29 bits per heavy atom. The molecule has 2 aromatic rings. The quantitative estimate of drug-likeness (QED) is 0.863. The number of sulfonamides is 1. The van der Waals surface area contributed by atoms with Gasteiger partial charge in [-0.05, 0) is 19.4 Å². The number of aryl methyl sites for hydroxylation is 2. The van der Waals surface area contributed by atoms with Crippen LogP contribution in [0.3, 0.4) is 0 Å². The Hall–Kier alpha value is -1.70. The topological polar surface area (TPSA) is 90.0 Å². The number of hydrogen-bond acceptors (Lipinski definition) is 4. The van der Waals surface area contributed by atoms with Crippen molar-refractivity contribution in [3.05, 3.63) is 47.3 Å². The molecule has 21 heavy (non-hydrogen) atoms. The summed E-state index contributed by atoms with van der Waals surface area (Å²) >= 11 is 0. The van der Waals surface area contributed by atoms with Crippen LogP contribution in [0.4, 0.5) is 0 Å². The van der Waals surface area contributed by atoms with E-state index in [2.05, 4.69) is 9.82 Å². The minimum absolute atomic E-state index is 0.139. The van der Waals surface area contributed by atoms with E-state index in [9.17, 15) is 8.42 Å². The van der Waals surface area contributed by atoms with Gasteiger partial charge in [0, 0.05) is 19.6 Å². The summed E-state index contributed by atoms with van der Waals surface area (Å²) in [6.45, 7) is 3.55. The van der Waals surface area contributed by atoms with Gasteiger partial charge >= 0.3 is 0 Å². The molecule has 114 valence electrons. The van der Waals surface area contributed by atoms with Crippen molar-refractivity contribution < 1.29 is 8.42 Å². The maximum atomic E-state index is 12.4. The van der Waals surface area contributed by atoms with Gasteiger partial charge in [-0.25, -0.2) is 13.1 Å². The van der Waals surface area contributed by atoms with Gasteiger partial charge in [0.2, 0.25) is 10.0 Å². The maximum Gasteiger partial charge on any atom is 0.244 e. The Morgan fingerprint density at radius 3 is 2.43 bits per heavy atom. The number of benzene rings is 1. The molecule has 1 heterocycles. The van der Waals surface area contributed by atoms with Crippen molar-refractivity contribution in [1.29, 1.82) is 0 Å². The Morgan fingerprint density at radius 2 is 1.90 bits per heavy atom. The summed E-state index contributed by atoms with van der Waals surface area (Å²) in [5.74, 6) is 0. The molecule has 0 bridgehead atoms. The van der Waals surface area contributed by atoms with Gasteiger partial charge in [0.25, 0.3) is 0 Å². The molecule has 1 unspecified atom stereocenters. The van der Waals surface area contributed by atoms with E-state index in [0.717, 1.165) is 5.56 Å². The largest absolute Gasteiger partial charge is 0.323 e. The lowest BCUT2D eigenvalue weighted by Crippen LogP contribution is -2.32. The van der Waals surface area contributed by atoms with Gasteiger partial charge < -0.3 is 5.73 Å². The lowest BCUT2D eigenvalue weighted by Gasteiger charge is -2.13. The van der Waals surface area contributed by atoms with Crippen LogP contribution in [0.25, 0.3) is 0 Å². The highest BCUT2D eigenvalue weighted by atomic mass is 32.2. The van der Waals surface area contributed by atoms with Crippen LogP contribution in [-0.2, 0) is 17.1 Å². The predicted octanol–water partition coefficient (Wildman–Crippen LogP) is 1.02. The SMILES string of the molecule is Cc1nn(C)c(C)c1S(=O)(=O)NCC(N)c1ccccc1.